The van der Waals surface area contributed by atoms with Crippen molar-refractivity contribution in [3.05, 3.63) is 29.8 Å². The van der Waals surface area contributed by atoms with Gasteiger partial charge in [-0.25, -0.2) is 4.79 Å². The maximum absolute atomic E-state index is 12.2. The van der Waals surface area contributed by atoms with E-state index in [0.29, 0.717) is 11.8 Å². The van der Waals surface area contributed by atoms with E-state index in [4.69, 9.17) is 9.47 Å². The lowest BCUT2D eigenvalue weighted by Crippen LogP contribution is -2.43. The fourth-order valence-corrected chi connectivity index (χ4v) is 3.44. The maximum Gasteiger partial charge on any atom is 0.410 e. The summed E-state index contributed by atoms with van der Waals surface area (Å²) in [4.78, 5) is 14.1. The molecule has 1 unspecified atom stereocenters. The molecule has 1 aromatic carbocycles. The number of nitrogens with zero attached hydrogens (tertiary/aromatic N) is 1. The molecule has 0 radical (unpaired) electrons. The third-order valence-electron chi connectivity index (χ3n) is 4.73. The van der Waals surface area contributed by atoms with Gasteiger partial charge in [-0.15, -0.1) is 0 Å². The van der Waals surface area contributed by atoms with Crippen LogP contribution < -0.4 is 10.1 Å². The Morgan fingerprint density at radius 2 is 1.84 bits per heavy atom. The average Bonchev–Trinajstić information content (AvgIpc) is 2.58. The molecule has 5 heteroatoms. The third-order valence-corrected chi connectivity index (χ3v) is 4.73. The van der Waals surface area contributed by atoms with Crippen molar-refractivity contribution in [3.63, 3.8) is 0 Å². The molecule has 1 aliphatic rings. The van der Waals surface area contributed by atoms with Crippen LogP contribution >= 0.6 is 0 Å². The molecule has 1 amide bonds. The number of likely N-dealkylation sites (tertiary alicyclic amines) is 1. The van der Waals surface area contributed by atoms with Crippen molar-refractivity contribution >= 4 is 6.09 Å². The summed E-state index contributed by atoms with van der Waals surface area (Å²) in [7, 11) is 3.68. The number of amides is 1. The molecular formula is C20H32N2O3. The van der Waals surface area contributed by atoms with Gasteiger partial charge in [0.1, 0.15) is 11.4 Å². The molecule has 1 N–H and O–H groups in total. The highest BCUT2D eigenvalue weighted by molar-refractivity contribution is 5.68. The minimum absolute atomic E-state index is 0.194. The number of carbonyl (C=O) groups is 1. The number of benzene rings is 1. The van der Waals surface area contributed by atoms with E-state index >= 15 is 0 Å². The monoisotopic (exact) mass is 348 g/mol. The lowest BCUT2D eigenvalue weighted by Gasteiger charge is -2.37. The first-order valence-electron chi connectivity index (χ1n) is 9.10. The molecule has 0 spiro atoms. The average molecular weight is 348 g/mol. The first-order valence-corrected chi connectivity index (χ1v) is 9.10. The van der Waals surface area contributed by atoms with Crippen LogP contribution in [0.2, 0.25) is 0 Å². The summed E-state index contributed by atoms with van der Waals surface area (Å²) in [5.74, 6) is 1.88. The van der Waals surface area contributed by atoms with Crippen molar-refractivity contribution in [1.82, 2.24) is 10.2 Å². The lowest BCUT2D eigenvalue weighted by atomic mass is 9.80. The number of nitrogens with one attached hydrogen (secondary N) is 1. The predicted molar refractivity (Wildman–Crippen MR) is 100 cm³/mol. The normalized spacial score (nSPS) is 17.2. The molecule has 1 heterocycles. The molecule has 1 aromatic rings. The van der Waals surface area contributed by atoms with Gasteiger partial charge in [0.05, 0.1) is 7.11 Å². The van der Waals surface area contributed by atoms with Crippen LogP contribution in [-0.4, -0.2) is 50.4 Å². The van der Waals surface area contributed by atoms with Crippen LogP contribution in [0.4, 0.5) is 4.79 Å². The van der Waals surface area contributed by atoms with Gasteiger partial charge in [-0.3, -0.25) is 0 Å². The van der Waals surface area contributed by atoms with E-state index in [2.05, 4.69) is 17.4 Å². The van der Waals surface area contributed by atoms with Crippen molar-refractivity contribution in [2.24, 2.45) is 5.92 Å². The predicted octanol–water partition coefficient (Wildman–Crippen LogP) is 3.65. The second kappa shape index (κ2) is 8.56. The zero-order valence-electron chi connectivity index (χ0n) is 16.2. The highest BCUT2D eigenvalue weighted by Crippen LogP contribution is 2.33. The number of ether oxygens (including phenoxy) is 2. The minimum Gasteiger partial charge on any atom is -0.497 e. The Balaban J connectivity index is 1.98. The molecule has 0 aromatic heterocycles. The summed E-state index contributed by atoms with van der Waals surface area (Å²) >= 11 is 0. The van der Waals surface area contributed by atoms with Gasteiger partial charge in [0.25, 0.3) is 0 Å². The van der Waals surface area contributed by atoms with Crippen LogP contribution in [0.15, 0.2) is 24.3 Å². The second-order valence-corrected chi connectivity index (χ2v) is 7.74. The smallest absolute Gasteiger partial charge is 0.410 e. The van der Waals surface area contributed by atoms with Crippen LogP contribution in [-0.2, 0) is 4.74 Å². The fraction of sp³-hybridized carbons (Fsp3) is 0.650. The van der Waals surface area contributed by atoms with E-state index in [-0.39, 0.29) is 6.09 Å². The topological polar surface area (TPSA) is 50.8 Å². The molecule has 2 rings (SSSR count). The zero-order valence-corrected chi connectivity index (χ0v) is 16.2. The van der Waals surface area contributed by atoms with Crippen molar-refractivity contribution in [3.8, 4) is 5.75 Å². The van der Waals surface area contributed by atoms with E-state index in [1.165, 1.54) is 5.56 Å². The van der Waals surface area contributed by atoms with Crippen LogP contribution in [0.5, 0.6) is 5.75 Å². The zero-order chi connectivity index (χ0) is 18.4. The van der Waals surface area contributed by atoms with Gasteiger partial charge in [-0.2, -0.15) is 0 Å². The van der Waals surface area contributed by atoms with Crippen molar-refractivity contribution in [2.45, 2.75) is 45.1 Å². The summed E-state index contributed by atoms with van der Waals surface area (Å²) in [6.45, 7) is 8.17. The van der Waals surface area contributed by atoms with Crippen LogP contribution in [0.3, 0.4) is 0 Å². The molecule has 25 heavy (non-hydrogen) atoms. The molecule has 0 saturated carbocycles. The van der Waals surface area contributed by atoms with Crippen LogP contribution in [0.25, 0.3) is 0 Å². The molecule has 1 aliphatic heterocycles. The van der Waals surface area contributed by atoms with Gasteiger partial charge in [-0.05, 0) is 70.2 Å². The van der Waals surface area contributed by atoms with Crippen LogP contribution in [0.1, 0.15) is 45.1 Å². The number of likely N-dealkylation sites (N-methyl/N-ethyl adjacent to an activating group) is 1. The number of hydrogen-bond donors (Lipinski definition) is 1. The third kappa shape index (κ3) is 5.63. The SMILES string of the molecule is CNCC(c1ccc(OC)cc1)C1CCN(C(=O)OC(C)(C)C)CC1. The molecule has 0 aliphatic carbocycles. The molecule has 1 fully saturated rings. The van der Waals surface area contributed by atoms with Gasteiger partial charge >= 0.3 is 6.09 Å². The van der Waals surface area contributed by atoms with Gasteiger partial charge in [-0.1, -0.05) is 12.1 Å². The van der Waals surface area contributed by atoms with Gasteiger partial charge in [0.15, 0.2) is 0 Å². The molecule has 5 nitrogen and oxygen atoms in total. The lowest BCUT2D eigenvalue weighted by molar-refractivity contribution is 0.0174. The molecule has 1 saturated heterocycles. The summed E-state index contributed by atoms with van der Waals surface area (Å²) in [5.41, 5.74) is 0.886. The second-order valence-electron chi connectivity index (χ2n) is 7.74. The first-order chi connectivity index (χ1) is 11.8. The Labute approximate surface area is 151 Å². The molecular weight excluding hydrogens is 316 g/mol. The summed E-state index contributed by atoms with van der Waals surface area (Å²) in [5, 5.41) is 3.32. The number of piperidine rings is 1. The van der Waals surface area contributed by atoms with Gasteiger partial charge < -0.3 is 19.7 Å². The van der Waals surface area contributed by atoms with Crippen LogP contribution in [0, 0.1) is 5.92 Å². The number of hydrogen-bond acceptors (Lipinski definition) is 4. The number of rotatable bonds is 5. The fourth-order valence-electron chi connectivity index (χ4n) is 3.44. The van der Waals surface area contributed by atoms with E-state index in [1.807, 2.05) is 44.9 Å². The minimum atomic E-state index is -0.439. The van der Waals surface area contributed by atoms with E-state index in [0.717, 1.165) is 38.2 Å². The van der Waals surface area contributed by atoms with Crippen molar-refractivity contribution < 1.29 is 14.3 Å². The molecule has 1 atom stereocenters. The Hall–Kier alpha value is -1.75. The van der Waals surface area contributed by atoms with E-state index in [9.17, 15) is 4.79 Å². The van der Waals surface area contributed by atoms with Gasteiger partial charge in [0, 0.05) is 19.6 Å². The summed E-state index contributed by atoms with van der Waals surface area (Å²) in [6.07, 6.45) is 1.80. The number of methoxy groups -OCH3 is 1. The maximum atomic E-state index is 12.2. The molecule has 0 bridgehead atoms. The largest absolute Gasteiger partial charge is 0.497 e. The Bertz CT molecular complexity index is 543. The van der Waals surface area contributed by atoms with Gasteiger partial charge in [0.2, 0.25) is 0 Å². The van der Waals surface area contributed by atoms with Crippen molar-refractivity contribution in [2.75, 3.05) is 33.8 Å². The summed E-state index contributed by atoms with van der Waals surface area (Å²) < 4.78 is 10.8. The Morgan fingerprint density at radius 1 is 1.24 bits per heavy atom. The Kier molecular flexibility index (Phi) is 6.71. The Morgan fingerprint density at radius 3 is 2.32 bits per heavy atom. The van der Waals surface area contributed by atoms with E-state index < -0.39 is 5.60 Å². The first kappa shape index (κ1) is 19.6. The highest BCUT2D eigenvalue weighted by Gasteiger charge is 2.31. The summed E-state index contributed by atoms with van der Waals surface area (Å²) in [6, 6.07) is 8.35. The quantitative estimate of drug-likeness (QED) is 0.882. The molecule has 140 valence electrons. The van der Waals surface area contributed by atoms with Crippen molar-refractivity contribution in [1.29, 1.82) is 0 Å². The number of carbonyl (C=O) groups excluding carboxylic acids is 1. The standard InChI is InChI=1S/C20H32N2O3/c1-20(2,3)25-19(23)22-12-10-16(11-13-22)18(14-21-4)15-6-8-17(24-5)9-7-15/h6-9,16,18,21H,10-14H2,1-5H3. The highest BCUT2D eigenvalue weighted by atomic mass is 16.6. The van der Waals surface area contributed by atoms with E-state index in [1.54, 1.807) is 7.11 Å².